The smallest absolute Gasteiger partial charge is 0.115 e. The van der Waals surface area contributed by atoms with Crippen LogP contribution in [0.4, 0.5) is 5.69 Å². The third kappa shape index (κ3) is 2.57. The number of aromatic nitrogens is 2. The van der Waals surface area contributed by atoms with Crippen molar-refractivity contribution >= 4 is 34.5 Å². The molecule has 0 bridgehead atoms. The highest BCUT2D eigenvalue weighted by Crippen LogP contribution is 2.31. The molecule has 0 N–H and O–H groups in total. The van der Waals surface area contributed by atoms with E-state index in [-0.39, 0.29) is 0 Å². The van der Waals surface area contributed by atoms with Crippen LogP contribution in [-0.4, -0.2) is 28.6 Å². The Morgan fingerprint density at radius 3 is 2.35 bits per heavy atom. The highest BCUT2D eigenvalue weighted by atomic mass is 35.5. The first-order valence-corrected chi connectivity index (χ1v) is 6.81. The van der Waals surface area contributed by atoms with E-state index in [1.54, 1.807) is 18.5 Å². The first-order valence-electron chi connectivity index (χ1n) is 6.06. The van der Waals surface area contributed by atoms with Crippen molar-refractivity contribution in [1.82, 2.24) is 15.0 Å². The molecule has 0 saturated carbocycles. The summed E-state index contributed by atoms with van der Waals surface area (Å²) in [6.45, 7) is 0.723. The lowest BCUT2D eigenvalue weighted by Gasteiger charge is -2.27. The van der Waals surface area contributed by atoms with Gasteiger partial charge in [0, 0.05) is 46.8 Å². The maximum Gasteiger partial charge on any atom is 0.115 e. The molecule has 20 heavy (non-hydrogen) atoms. The monoisotopic (exact) mass is 306 g/mol. The van der Waals surface area contributed by atoms with Crippen LogP contribution in [-0.2, 0) is 0 Å². The Labute approximate surface area is 127 Å². The molecule has 0 spiro atoms. The molecule has 0 amide bonds. The summed E-state index contributed by atoms with van der Waals surface area (Å²) in [5.74, 6) is 0. The van der Waals surface area contributed by atoms with Gasteiger partial charge in [-0.15, -0.1) is 0 Å². The SMILES string of the molecule is CN1C=C(c2cncnc2)CN1c1cc(Cl)cc(Cl)c1. The molecule has 2 aromatic rings. The molecule has 1 aromatic carbocycles. The van der Waals surface area contributed by atoms with E-state index < -0.39 is 0 Å². The van der Waals surface area contributed by atoms with Gasteiger partial charge in [0.15, 0.2) is 0 Å². The Balaban J connectivity index is 1.88. The van der Waals surface area contributed by atoms with E-state index in [0.717, 1.165) is 23.4 Å². The standard InChI is InChI=1S/C14H12Cl2N4/c1-19-7-11(10-5-17-9-18-6-10)8-20(19)14-3-12(15)2-13(16)4-14/h2-7,9H,8H2,1H3. The van der Waals surface area contributed by atoms with E-state index in [2.05, 4.69) is 15.0 Å². The average molecular weight is 307 g/mol. The van der Waals surface area contributed by atoms with Crippen LogP contribution in [0.15, 0.2) is 43.1 Å². The van der Waals surface area contributed by atoms with Crippen LogP contribution in [0.3, 0.4) is 0 Å². The van der Waals surface area contributed by atoms with Crippen molar-refractivity contribution in [3.63, 3.8) is 0 Å². The summed E-state index contributed by atoms with van der Waals surface area (Å²) in [4.78, 5) is 8.10. The Bertz CT molecular complexity index is 637. The second-order valence-corrected chi connectivity index (χ2v) is 5.41. The molecule has 6 heteroatoms. The molecule has 0 radical (unpaired) electrons. The highest BCUT2D eigenvalue weighted by Gasteiger charge is 2.21. The molecule has 0 atom stereocenters. The lowest BCUT2D eigenvalue weighted by Crippen LogP contribution is -2.32. The number of hydrogen-bond donors (Lipinski definition) is 0. The van der Waals surface area contributed by atoms with Crippen LogP contribution in [0.5, 0.6) is 0 Å². The van der Waals surface area contributed by atoms with Crippen LogP contribution >= 0.6 is 23.2 Å². The Morgan fingerprint density at radius 1 is 1.05 bits per heavy atom. The van der Waals surface area contributed by atoms with Gasteiger partial charge in [-0.2, -0.15) is 0 Å². The zero-order valence-corrected chi connectivity index (χ0v) is 12.3. The van der Waals surface area contributed by atoms with Crippen LogP contribution in [0.2, 0.25) is 10.0 Å². The third-order valence-electron chi connectivity index (χ3n) is 3.12. The minimum atomic E-state index is 0.623. The second kappa shape index (κ2) is 5.31. The Morgan fingerprint density at radius 2 is 1.70 bits per heavy atom. The van der Waals surface area contributed by atoms with Crippen LogP contribution < -0.4 is 5.01 Å². The first kappa shape index (κ1) is 13.2. The van der Waals surface area contributed by atoms with Gasteiger partial charge in [0.1, 0.15) is 6.33 Å². The quantitative estimate of drug-likeness (QED) is 0.850. The van der Waals surface area contributed by atoms with Gasteiger partial charge in [-0.05, 0) is 18.2 Å². The maximum atomic E-state index is 6.06. The van der Waals surface area contributed by atoms with E-state index in [0.29, 0.717) is 10.0 Å². The number of halogens is 2. The molecule has 0 unspecified atom stereocenters. The summed E-state index contributed by atoms with van der Waals surface area (Å²) in [7, 11) is 1.98. The zero-order chi connectivity index (χ0) is 14.1. The molecule has 0 aliphatic carbocycles. The van der Waals surface area contributed by atoms with Gasteiger partial charge >= 0.3 is 0 Å². The summed E-state index contributed by atoms with van der Waals surface area (Å²) in [5.41, 5.74) is 3.10. The third-order valence-corrected chi connectivity index (χ3v) is 3.56. The Kier molecular flexibility index (Phi) is 3.51. The molecule has 2 heterocycles. The van der Waals surface area contributed by atoms with Crippen molar-refractivity contribution in [1.29, 1.82) is 0 Å². The minimum Gasteiger partial charge on any atom is -0.295 e. The molecule has 0 saturated heterocycles. The molecule has 1 aliphatic rings. The van der Waals surface area contributed by atoms with Crippen molar-refractivity contribution in [3.8, 4) is 0 Å². The summed E-state index contributed by atoms with van der Waals surface area (Å²) >= 11 is 12.1. The van der Waals surface area contributed by atoms with Crippen molar-refractivity contribution in [2.75, 3.05) is 18.6 Å². The lowest BCUT2D eigenvalue weighted by molar-refractivity contribution is 0.455. The molecule has 3 rings (SSSR count). The van der Waals surface area contributed by atoms with Gasteiger partial charge in [0.2, 0.25) is 0 Å². The molecular weight excluding hydrogens is 295 g/mol. The van der Waals surface area contributed by atoms with Crippen LogP contribution in [0.25, 0.3) is 5.57 Å². The fourth-order valence-electron chi connectivity index (χ4n) is 2.20. The number of benzene rings is 1. The molecule has 1 aromatic heterocycles. The molecule has 102 valence electrons. The second-order valence-electron chi connectivity index (χ2n) is 4.54. The summed E-state index contributed by atoms with van der Waals surface area (Å²) in [6, 6.07) is 5.51. The average Bonchev–Trinajstić information content (AvgIpc) is 2.81. The van der Waals surface area contributed by atoms with E-state index in [1.807, 2.05) is 30.4 Å². The fourth-order valence-corrected chi connectivity index (χ4v) is 2.72. The molecule has 4 nitrogen and oxygen atoms in total. The van der Waals surface area contributed by atoms with Gasteiger partial charge in [0.05, 0.1) is 12.2 Å². The number of anilines is 1. The van der Waals surface area contributed by atoms with Crippen molar-refractivity contribution in [2.24, 2.45) is 0 Å². The first-order chi connectivity index (χ1) is 9.63. The number of rotatable bonds is 2. The lowest BCUT2D eigenvalue weighted by atomic mass is 10.1. The molecule has 0 fully saturated rings. The summed E-state index contributed by atoms with van der Waals surface area (Å²) in [6.07, 6.45) is 7.19. The van der Waals surface area contributed by atoms with Gasteiger partial charge in [-0.3, -0.25) is 10.0 Å². The molecule has 1 aliphatic heterocycles. The summed E-state index contributed by atoms with van der Waals surface area (Å²) in [5, 5.41) is 5.33. The van der Waals surface area contributed by atoms with Crippen LogP contribution in [0.1, 0.15) is 5.56 Å². The predicted octanol–water partition coefficient (Wildman–Crippen LogP) is 3.49. The maximum absolute atomic E-state index is 6.06. The van der Waals surface area contributed by atoms with Crippen molar-refractivity contribution < 1.29 is 0 Å². The normalized spacial score (nSPS) is 14.7. The number of hydrogen-bond acceptors (Lipinski definition) is 4. The largest absolute Gasteiger partial charge is 0.295 e. The van der Waals surface area contributed by atoms with E-state index in [4.69, 9.17) is 23.2 Å². The predicted molar refractivity (Wildman–Crippen MR) is 81.6 cm³/mol. The van der Waals surface area contributed by atoms with E-state index in [1.165, 1.54) is 6.33 Å². The van der Waals surface area contributed by atoms with E-state index in [9.17, 15) is 0 Å². The molecular formula is C14H12Cl2N4. The Hall–Kier alpha value is -1.78. The van der Waals surface area contributed by atoms with Crippen LogP contribution in [0, 0.1) is 0 Å². The number of nitrogens with zero attached hydrogens (tertiary/aromatic N) is 4. The van der Waals surface area contributed by atoms with Crippen molar-refractivity contribution in [3.05, 3.63) is 58.7 Å². The van der Waals surface area contributed by atoms with Gasteiger partial charge in [0.25, 0.3) is 0 Å². The number of hydrazine groups is 1. The zero-order valence-electron chi connectivity index (χ0n) is 10.8. The van der Waals surface area contributed by atoms with Gasteiger partial charge in [-0.25, -0.2) is 9.97 Å². The van der Waals surface area contributed by atoms with E-state index >= 15 is 0 Å². The highest BCUT2D eigenvalue weighted by molar-refractivity contribution is 6.35. The minimum absolute atomic E-state index is 0.623. The van der Waals surface area contributed by atoms with Gasteiger partial charge in [-0.1, -0.05) is 23.2 Å². The fraction of sp³-hybridized carbons (Fsp3) is 0.143. The topological polar surface area (TPSA) is 32.3 Å². The summed E-state index contributed by atoms with van der Waals surface area (Å²) < 4.78 is 0. The van der Waals surface area contributed by atoms with Gasteiger partial charge < -0.3 is 0 Å². The van der Waals surface area contributed by atoms with Crippen molar-refractivity contribution in [2.45, 2.75) is 0 Å².